The molecule has 1 saturated carbocycles. The monoisotopic (exact) mass is 443 g/mol. The maximum absolute atomic E-state index is 13.3. The van der Waals surface area contributed by atoms with E-state index < -0.39 is 0 Å². The lowest BCUT2D eigenvalue weighted by Gasteiger charge is -2.08. The summed E-state index contributed by atoms with van der Waals surface area (Å²) in [5.41, 5.74) is 5.52. The molecule has 0 bridgehead atoms. The number of carbonyl (C=O) groups is 1. The largest absolute Gasteiger partial charge is 0.289 e. The summed E-state index contributed by atoms with van der Waals surface area (Å²) in [5, 5.41) is 12.9. The molecule has 1 aliphatic rings. The highest BCUT2D eigenvalue weighted by Crippen LogP contribution is 2.40. The predicted octanol–water partition coefficient (Wildman–Crippen LogP) is 4.62. The second kappa shape index (κ2) is 8.77. The summed E-state index contributed by atoms with van der Waals surface area (Å²) < 4.78 is 3.68. The summed E-state index contributed by atoms with van der Waals surface area (Å²) in [5.74, 6) is 0.500. The van der Waals surface area contributed by atoms with Crippen molar-refractivity contribution in [1.82, 2.24) is 29.5 Å². The third kappa shape index (κ3) is 4.51. The molecule has 1 N–H and O–H groups in total. The number of carbonyl (C=O) groups excluding carboxylic acids is 1. The molecule has 170 valence electrons. The van der Waals surface area contributed by atoms with Crippen molar-refractivity contribution in [2.45, 2.75) is 65.5 Å². The molecule has 3 aromatic heterocycles. The van der Waals surface area contributed by atoms with Crippen LogP contribution in [-0.2, 0) is 13.1 Å². The van der Waals surface area contributed by atoms with Gasteiger partial charge in [-0.3, -0.25) is 10.1 Å². The van der Waals surface area contributed by atoms with E-state index in [9.17, 15) is 4.79 Å². The number of fused-ring (bicyclic) bond motifs is 1. The topological polar surface area (TPSA) is 90.5 Å². The fourth-order valence-corrected chi connectivity index (χ4v) is 4.20. The molecule has 0 radical (unpaired) electrons. The molecule has 0 saturated heterocycles. The summed E-state index contributed by atoms with van der Waals surface area (Å²) in [7, 11) is 0. The molecule has 33 heavy (non-hydrogen) atoms. The van der Waals surface area contributed by atoms with Gasteiger partial charge in [-0.2, -0.15) is 5.10 Å². The van der Waals surface area contributed by atoms with Crippen LogP contribution in [0, 0.1) is 13.8 Å². The maximum Gasteiger partial charge on any atom is 0.258 e. The average molecular weight is 444 g/mol. The van der Waals surface area contributed by atoms with E-state index in [1.807, 2.05) is 23.7 Å². The third-order valence-corrected chi connectivity index (χ3v) is 6.05. The number of amides is 1. The molecule has 1 fully saturated rings. The number of aromatic nitrogens is 6. The Kier molecular flexibility index (Phi) is 5.66. The van der Waals surface area contributed by atoms with Crippen molar-refractivity contribution in [3.8, 4) is 0 Å². The van der Waals surface area contributed by atoms with Gasteiger partial charge in [0.2, 0.25) is 5.95 Å². The van der Waals surface area contributed by atoms with E-state index >= 15 is 0 Å². The molecule has 0 atom stereocenters. The molecule has 8 nitrogen and oxygen atoms in total. The zero-order chi connectivity index (χ0) is 22.9. The van der Waals surface area contributed by atoms with Crippen LogP contribution >= 0.6 is 0 Å². The molecule has 1 aromatic carbocycles. The molecule has 0 aliphatic heterocycles. The van der Waals surface area contributed by atoms with Crippen LogP contribution in [0.15, 0.2) is 36.7 Å². The van der Waals surface area contributed by atoms with Gasteiger partial charge < -0.3 is 0 Å². The Balaban J connectivity index is 1.42. The summed E-state index contributed by atoms with van der Waals surface area (Å²) in [6.45, 7) is 7.56. The number of unbranched alkanes of at least 4 members (excludes halogenated alkanes) is 1. The van der Waals surface area contributed by atoms with E-state index in [0.717, 1.165) is 60.2 Å². The number of anilines is 1. The first kappa shape index (κ1) is 21.3. The number of pyridine rings is 1. The van der Waals surface area contributed by atoms with Crippen LogP contribution in [0.3, 0.4) is 0 Å². The Morgan fingerprint density at radius 3 is 2.79 bits per heavy atom. The quantitative estimate of drug-likeness (QED) is 0.429. The van der Waals surface area contributed by atoms with Crippen LogP contribution in [0.5, 0.6) is 0 Å². The minimum absolute atomic E-state index is 0.226. The van der Waals surface area contributed by atoms with E-state index in [-0.39, 0.29) is 5.91 Å². The SMILES string of the molecule is CCCCn1nc(C)c2c(C(=O)Nc3ncn(Cc4cccc(C)c4)n3)cc(C3CC3)nc21. The van der Waals surface area contributed by atoms with Gasteiger partial charge >= 0.3 is 0 Å². The number of benzene rings is 1. The summed E-state index contributed by atoms with van der Waals surface area (Å²) in [6.07, 6.45) is 5.98. The van der Waals surface area contributed by atoms with Gasteiger partial charge in [0.05, 0.1) is 23.2 Å². The van der Waals surface area contributed by atoms with Crippen molar-refractivity contribution in [3.63, 3.8) is 0 Å². The molecule has 1 amide bonds. The first-order valence-electron chi connectivity index (χ1n) is 11.7. The molecule has 3 heterocycles. The molecule has 1 aliphatic carbocycles. The van der Waals surface area contributed by atoms with E-state index in [2.05, 4.69) is 47.4 Å². The van der Waals surface area contributed by atoms with Crippen LogP contribution in [0.25, 0.3) is 11.0 Å². The highest BCUT2D eigenvalue weighted by molar-refractivity contribution is 6.12. The number of nitrogens with one attached hydrogen (secondary N) is 1. The normalized spacial score (nSPS) is 13.5. The summed E-state index contributed by atoms with van der Waals surface area (Å²) >= 11 is 0. The highest BCUT2D eigenvalue weighted by Gasteiger charge is 2.29. The molecule has 8 heteroatoms. The van der Waals surface area contributed by atoms with Gasteiger partial charge in [0.1, 0.15) is 6.33 Å². The minimum Gasteiger partial charge on any atom is -0.289 e. The van der Waals surface area contributed by atoms with Crippen molar-refractivity contribution < 1.29 is 4.79 Å². The lowest BCUT2D eigenvalue weighted by atomic mass is 10.1. The van der Waals surface area contributed by atoms with E-state index in [1.54, 1.807) is 11.0 Å². The van der Waals surface area contributed by atoms with Crippen LogP contribution in [0.1, 0.15) is 71.4 Å². The van der Waals surface area contributed by atoms with Gasteiger partial charge in [0.25, 0.3) is 5.91 Å². The van der Waals surface area contributed by atoms with Crippen molar-refractivity contribution in [2.24, 2.45) is 0 Å². The fraction of sp³-hybridized carbons (Fsp3) is 0.400. The second-order valence-electron chi connectivity index (χ2n) is 8.94. The summed E-state index contributed by atoms with van der Waals surface area (Å²) in [6, 6.07) is 10.2. The smallest absolute Gasteiger partial charge is 0.258 e. The predicted molar refractivity (Wildman–Crippen MR) is 127 cm³/mol. The first-order valence-corrected chi connectivity index (χ1v) is 11.7. The molecule has 5 rings (SSSR count). The molecular weight excluding hydrogens is 414 g/mol. The van der Waals surface area contributed by atoms with Crippen LogP contribution in [-0.4, -0.2) is 35.4 Å². The number of hydrogen-bond acceptors (Lipinski definition) is 5. The lowest BCUT2D eigenvalue weighted by Crippen LogP contribution is -2.15. The van der Waals surface area contributed by atoms with Crippen molar-refractivity contribution in [3.05, 3.63) is 64.7 Å². The Hall–Kier alpha value is -3.55. The van der Waals surface area contributed by atoms with Crippen LogP contribution in [0.2, 0.25) is 0 Å². The average Bonchev–Trinajstić information content (AvgIpc) is 3.49. The lowest BCUT2D eigenvalue weighted by molar-refractivity contribution is 0.102. The third-order valence-electron chi connectivity index (χ3n) is 6.05. The van der Waals surface area contributed by atoms with Gasteiger partial charge in [-0.25, -0.2) is 19.3 Å². The number of hydrogen-bond donors (Lipinski definition) is 1. The van der Waals surface area contributed by atoms with Gasteiger partial charge in [0.15, 0.2) is 5.65 Å². The highest BCUT2D eigenvalue weighted by atomic mass is 16.1. The zero-order valence-electron chi connectivity index (χ0n) is 19.4. The van der Waals surface area contributed by atoms with E-state index in [1.165, 1.54) is 5.56 Å². The van der Waals surface area contributed by atoms with E-state index in [4.69, 9.17) is 10.1 Å². The number of aryl methyl sites for hydroxylation is 3. The second-order valence-corrected chi connectivity index (χ2v) is 8.94. The Bertz CT molecular complexity index is 1320. The Morgan fingerprint density at radius 1 is 1.18 bits per heavy atom. The standard InChI is InChI=1S/C25H29N7O/c1-4-5-11-32-23-22(17(3)29-32)20(13-21(27-23)19-9-10-19)24(33)28-25-26-15-31(30-25)14-18-8-6-7-16(2)12-18/h6-8,12-13,15,19H,4-5,9-11,14H2,1-3H3,(H,28,30,33). The van der Waals surface area contributed by atoms with Crippen LogP contribution < -0.4 is 5.32 Å². The Labute approximate surface area is 193 Å². The molecule has 0 spiro atoms. The first-order chi connectivity index (χ1) is 16.0. The van der Waals surface area contributed by atoms with Crippen LogP contribution in [0.4, 0.5) is 5.95 Å². The molecular formula is C25H29N7O. The maximum atomic E-state index is 13.3. The summed E-state index contributed by atoms with van der Waals surface area (Å²) in [4.78, 5) is 22.6. The van der Waals surface area contributed by atoms with Gasteiger partial charge in [-0.15, -0.1) is 5.10 Å². The van der Waals surface area contributed by atoms with Crippen molar-refractivity contribution in [2.75, 3.05) is 5.32 Å². The van der Waals surface area contributed by atoms with Crippen molar-refractivity contribution in [1.29, 1.82) is 0 Å². The zero-order valence-corrected chi connectivity index (χ0v) is 19.4. The molecule has 4 aromatic rings. The fourth-order valence-electron chi connectivity index (χ4n) is 4.20. The van der Waals surface area contributed by atoms with Gasteiger partial charge in [0, 0.05) is 18.2 Å². The van der Waals surface area contributed by atoms with Crippen molar-refractivity contribution >= 4 is 22.9 Å². The number of nitrogens with zero attached hydrogens (tertiary/aromatic N) is 6. The van der Waals surface area contributed by atoms with Gasteiger partial charge in [-0.05, 0) is 44.7 Å². The van der Waals surface area contributed by atoms with E-state index in [0.29, 0.717) is 24.0 Å². The number of rotatable bonds is 8. The Morgan fingerprint density at radius 2 is 2.03 bits per heavy atom. The molecule has 0 unspecified atom stereocenters. The minimum atomic E-state index is -0.226. The van der Waals surface area contributed by atoms with Gasteiger partial charge in [-0.1, -0.05) is 43.2 Å².